The SMILES string of the molecule is CNC(CSCC(C)C)Cc1cn(C)nn1. The summed E-state index contributed by atoms with van der Waals surface area (Å²) < 4.78 is 1.75. The number of thioether (sulfide) groups is 1. The third-order valence-corrected chi connectivity index (χ3v) is 3.82. The van der Waals surface area contributed by atoms with Crippen molar-refractivity contribution in [3.8, 4) is 0 Å². The molecule has 0 bridgehead atoms. The van der Waals surface area contributed by atoms with Gasteiger partial charge < -0.3 is 5.32 Å². The fourth-order valence-electron chi connectivity index (χ4n) is 1.43. The first-order chi connectivity index (χ1) is 7.61. The summed E-state index contributed by atoms with van der Waals surface area (Å²) >= 11 is 2.00. The van der Waals surface area contributed by atoms with E-state index >= 15 is 0 Å². The van der Waals surface area contributed by atoms with Crippen molar-refractivity contribution in [2.45, 2.75) is 26.3 Å². The molecule has 0 aliphatic heterocycles. The van der Waals surface area contributed by atoms with E-state index < -0.39 is 0 Å². The minimum Gasteiger partial charge on any atom is -0.316 e. The van der Waals surface area contributed by atoms with E-state index in [9.17, 15) is 0 Å². The summed E-state index contributed by atoms with van der Waals surface area (Å²) in [6.45, 7) is 4.51. The van der Waals surface area contributed by atoms with Gasteiger partial charge in [-0.25, -0.2) is 0 Å². The first-order valence-electron chi connectivity index (χ1n) is 5.72. The number of aromatic nitrogens is 3. The molecule has 1 N–H and O–H groups in total. The van der Waals surface area contributed by atoms with Gasteiger partial charge in [-0.2, -0.15) is 11.8 Å². The third-order valence-electron chi connectivity index (χ3n) is 2.28. The van der Waals surface area contributed by atoms with Gasteiger partial charge in [0.1, 0.15) is 0 Å². The number of likely N-dealkylation sites (N-methyl/N-ethyl adjacent to an activating group) is 1. The third kappa shape index (κ3) is 4.99. The lowest BCUT2D eigenvalue weighted by molar-refractivity contribution is 0.606. The molecule has 0 aliphatic rings. The Labute approximate surface area is 102 Å². The van der Waals surface area contributed by atoms with E-state index in [2.05, 4.69) is 29.5 Å². The molecular weight excluding hydrogens is 220 g/mol. The number of hydrogen-bond acceptors (Lipinski definition) is 4. The van der Waals surface area contributed by atoms with E-state index in [0.29, 0.717) is 6.04 Å². The summed E-state index contributed by atoms with van der Waals surface area (Å²) in [6.07, 6.45) is 2.94. The quantitative estimate of drug-likeness (QED) is 0.783. The summed E-state index contributed by atoms with van der Waals surface area (Å²) in [5, 5.41) is 11.4. The van der Waals surface area contributed by atoms with E-state index in [4.69, 9.17) is 0 Å². The highest BCUT2D eigenvalue weighted by Crippen LogP contribution is 2.11. The van der Waals surface area contributed by atoms with E-state index in [0.717, 1.165) is 23.8 Å². The van der Waals surface area contributed by atoms with Gasteiger partial charge in [0.15, 0.2) is 0 Å². The highest BCUT2D eigenvalue weighted by Gasteiger charge is 2.10. The molecule has 0 aromatic carbocycles. The van der Waals surface area contributed by atoms with Gasteiger partial charge in [-0.05, 0) is 18.7 Å². The Balaban J connectivity index is 2.31. The fraction of sp³-hybridized carbons (Fsp3) is 0.818. The van der Waals surface area contributed by atoms with Gasteiger partial charge >= 0.3 is 0 Å². The molecule has 1 unspecified atom stereocenters. The summed E-state index contributed by atoms with van der Waals surface area (Å²) in [6, 6.07) is 0.487. The molecule has 1 atom stereocenters. The zero-order valence-corrected chi connectivity index (χ0v) is 11.4. The van der Waals surface area contributed by atoms with Crippen molar-refractivity contribution >= 4 is 11.8 Å². The van der Waals surface area contributed by atoms with Crippen LogP contribution in [0.1, 0.15) is 19.5 Å². The Kier molecular flexibility index (Phi) is 5.84. The number of hydrogen-bond donors (Lipinski definition) is 1. The highest BCUT2D eigenvalue weighted by atomic mass is 32.2. The predicted molar refractivity (Wildman–Crippen MR) is 69.7 cm³/mol. The predicted octanol–water partition coefficient (Wildman–Crippen LogP) is 1.33. The van der Waals surface area contributed by atoms with E-state index in [-0.39, 0.29) is 0 Å². The van der Waals surface area contributed by atoms with Gasteiger partial charge in [0.2, 0.25) is 0 Å². The average Bonchev–Trinajstić information content (AvgIpc) is 2.62. The van der Waals surface area contributed by atoms with Crippen LogP contribution in [0.2, 0.25) is 0 Å². The van der Waals surface area contributed by atoms with Crippen LogP contribution in [0.3, 0.4) is 0 Å². The minimum absolute atomic E-state index is 0.487. The van der Waals surface area contributed by atoms with Crippen LogP contribution in [-0.4, -0.2) is 39.6 Å². The molecule has 1 heterocycles. The Morgan fingerprint density at radius 1 is 1.44 bits per heavy atom. The molecule has 16 heavy (non-hydrogen) atoms. The molecule has 0 saturated heterocycles. The van der Waals surface area contributed by atoms with Gasteiger partial charge in [-0.3, -0.25) is 4.68 Å². The molecule has 0 aliphatic carbocycles. The van der Waals surface area contributed by atoms with Crippen molar-refractivity contribution in [2.75, 3.05) is 18.6 Å². The first-order valence-corrected chi connectivity index (χ1v) is 6.87. The Bertz CT molecular complexity index is 298. The van der Waals surface area contributed by atoms with Crippen molar-refractivity contribution < 1.29 is 0 Å². The second-order valence-electron chi connectivity index (χ2n) is 4.50. The van der Waals surface area contributed by atoms with Gasteiger partial charge in [0, 0.05) is 31.5 Å². The normalized spacial score (nSPS) is 13.3. The molecule has 4 nitrogen and oxygen atoms in total. The van der Waals surface area contributed by atoms with Gasteiger partial charge in [-0.15, -0.1) is 5.10 Å². The molecule has 0 fully saturated rings. The number of aryl methyl sites for hydroxylation is 1. The highest BCUT2D eigenvalue weighted by molar-refractivity contribution is 7.99. The van der Waals surface area contributed by atoms with Gasteiger partial charge in [0.25, 0.3) is 0 Å². The smallest absolute Gasteiger partial charge is 0.0842 e. The van der Waals surface area contributed by atoms with E-state index in [1.54, 1.807) is 4.68 Å². The minimum atomic E-state index is 0.487. The van der Waals surface area contributed by atoms with Crippen LogP contribution in [0, 0.1) is 5.92 Å². The van der Waals surface area contributed by atoms with Crippen LogP contribution in [-0.2, 0) is 13.5 Å². The Hall–Kier alpha value is -0.550. The van der Waals surface area contributed by atoms with Crippen LogP contribution in [0.15, 0.2) is 6.20 Å². The molecule has 1 rings (SSSR count). The maximum Gasteiger partial charge on any atom is 0.0842 e. The van der Waals surface area contributed by atoms with Crippen molar-refractivity contribution in [1.29, 1.82) is 0 Å². The lowest BCUT2D eigenvalue weighted by Crippen LogP contribution is -2.30. The molecule has 1 aromatic heterocycles. The lowest BCUT2D eigenvalue weighted by atomic mass is 10.2. The topological polar surface area (TPSA) is 42.7 Å². The molecule has 92 valence electrons. The molecular formula is C11H22N4S. The second kappa shape index (κ2) is 6.91. The molecule has 0 amide bonds. The molecule has 0 spiro atoms. The maximum absolute atomic E-state index is 4.11. The summed E-state index contributed by atoms with van der Waals surface area (Å²) in [4.78, 5) is 0. The summed E-state index contributed by atoms with van der Waals surface area (Å²) in [5.41, 5.74) is 1.06. The molecule has 1 aromatic rings. The van der Waals surface area contributed by atoms with Crippen LogP contribution in [0.4, 0.5) is 0 Å². The zero-order chi connectivity index (χ0) is 12.0. The van der Waals surface area contributed by atoms with Crippen LogP contribution < -0.4 is 5.32 Å². The average molecular weight is 242 g/mol. The van der Waals surface area contributed by atoms with Crippen LogP contribution in [0.5, 0.6) is 0 Å². The van der Waals surface area contributed by atoms with Crippen molar-refractivity contribution in [1.82, 2.24) is 20.3 Å². The largest absolute Gasteiger partial charge is 0.316 e. The van der Waals surface area contributed by atoms with E-state index in [1.165, 1.54) is 5.75 Å². The standard InChI is InChI=1S/C11H22N4S/c1-9(2)7-16-8-11(12-3)5-10-6-15(4)14-13-10/h6,9,11-12H,5,7-8H2,1-4H3. The number of rotatable bonds is 7. The van der Waals surface area contributed by atoms with E-state index in [1.807, 2.05) is 32.1 Å². The Morgan fingerprint density at radius 3 is 2.69 bits per heavy atom. The van der Waals surface area contributed by atoms with Crippen molar-refractivity contribution in [3.63, 3.8) is 0 Å². The summed E-state index contributed by atoms with van der Waals surface area (Å²) in [7, 11) is 3.91. The fourth-order valence-corrected chi connectivity index (χ4v) is 2.61. The molecule has 0 saturated carbocycles. The monoisotopic (exact) mass is 242 g/mol. The molecule has 5 heteroatoms. The molecule has 0 radical (unpaired) electrons. The zero-order valence-electron chi connectivity index (χ0n) is 10.6. The maximum atomic E-state index is 4.11. The number of nitrogens with zero attached hydrogens (tertiary/aromatic N) is 3. The number of nitrogens with one attached hydrogen (secondary N) is 1. The van der Waals surface area contributed by atoms with Crippen molar-refractivity contribution in [2.24, 2.45) is 13.0 Å². The van der Waals surface area contributed by atoms with Gasteiger partial charge in [-0.1, -0.05) is 19.1 Å². The second-order valence-corrected chi connectivity index (χ2v) is 5.58. The summed E-state index contributed by atoms with van der Waals surface area (Å²) in [5.74, 6) is 3.11. The first kappa shape index (κ1) is 13.5. The van der Waals surface area contributed by atoms with Crippen molar-refractivity contribution in [3.05, 3.63) is 11.9 Å². The lowest BCUT2D eigenvalue weighted by Gasteiger charge is -2.14. The van der Waals surface area contributed by atoms with Gasteiger partial charge in [0.05, 0.1) is 5.69 Å². The van der Waals surface area contributed by atoms with Crippen LogP contribution >= 0.6 is 11.8 Å². The van der Waals surface area contributed by atoms with Crippen LogP contribution in [0.25, 0.3) is 0 Å². The Morgan fingerprint density at radius 2 is 2.19 bits per heavy atom.